The van der Waals surface area contributed by atoms with Crippen LogP contribution in [0.1, 0.15) is 12.5 Å². The normalized spacial score (nSPS) is 11.6. The highest BCUT2D eigenvalue weighted by Crippen LogP contribution is 2.22. The molecule has 2 rings (SSSR count). The minimum atomic E-state index is -4.32. The van der Waals surface area contributed by atoms with Gasteiger partial charge in [-0.1, -0.05) is 0 Å². The fourth-order valence-electron chi connectivity index (χ4n) is 1.70. The predicted molar refractivity (Wildman–Crippen MR) is 71.0 cm³/mol. The number of anilines is 1. The van der Waals surface area contributed by atoms with Crippen LogP contribution in [0.25, 0.3) is 0 Å². The van der Waals surface area contributed by atoms with Gasteiger partial charge in [-0.05, 0) is 24.6 Å². The van der Waals surface area contributed by atoms with E-state index in [9.17, 15) is 17.2 Å². The lowest BCUT2D eigenvalue weighted by Gasteiger charge is -2.09. The quantitative estimate of drug-likeness (QED) is 0.875. The third kappa shape index (κ3) is 3.19. The molecule has 2 N–H and O–H groups in total. The number of nitrogens with zero attached hydrogens (tertiary/aromatic N) is 2. The summed E-state index contributed by atoms with van der Waals surface area (Å²) in [5, 5.41) is 12.8. The molecule has 1 aromatic heterocycles. The molecule has 21 heavy (non-hydrogen) atoms. The Balaban J connectivity index is 2.41. The summed E-state index contributed by atoms with van der Waals surface area (Å²) in [5.74, 6) is -2.84. The average molecular weight is 317 g/mol. The van der Waals surface area contributed by atoms with E-state index in [1.807, 2.05) is 6.92 Å². The summed E-state index contributed by atoms with van der Waals surface area (Å²) in [6.07, 6.45) is 2.67. The first kappa shape index (κ1) is 15.4. The molecule has 2 aromatic rings. The van der Waals surface area contributed by atoms with Crippen LogP contribution in [0.4, 0.5) is 14.5 Å². The van der Waals surface area contributed by atoms with Crippen LogP contribution in [0.15, 0.2) is 29.4 Å². The van der Waals surface area contributed by atoms with Crippen molar-refractivity contribution >= 4 is 15.7 Å². The number of rotatable bonds is 5. The summed E-state index contributed by atoms with van der Waals surface area (Å²) in [4.78, 5) is -0.865. The Labute approximate surface area is 120 Å². The van der Waals surface area contributed by atoms with E-state index in [1.165, 1.54) is 17.1 Å². The fourth-order valence-corrected chi connectivity index (χ4v) is 2.87. The highest BCUT2D eigenvalue weighted by atomic mass is 32.2. The average Bonchev–Trinajstić information content (AvgIpc) is 2.88. The maximum absolute atomic E-state index is 13.7. The molecule has 6 nitrogen and oxygen atoms in total. The standard InChI is InChI=1S/C12H13F2N3O3S/c1-2-17-6-9(5-15-17)16-21(19,20)11-4-8(7-18)3-10(13)12(11)14/h3-6,16,18H,2,7H2,1H3. The minimum Gasteiger partial charge on any atom is -0.392 e. The molecule has 0 bridgehead atoms. The number of hydrogen-bond acceptors (Lipinski definition) is 4. The van der Waals surface area contributed by atoms with Crippen LogP contribution >= 0.6 is 0 Å². The minimum absolute atomic E-state index is 0.0430. The number of aliphatic hydroxyl groups is 1. The molecular weight excluding hydrogens is 304 g/mol. The first-order chi connectivity index (χ1) is 9.87. The van der Waals surface area contributed by atoms with Crippen LogP contribution in [-0.2, 0) is 23.2 Å². The number of benzene rings is 1. The van der Waals surface area contributed by atoms with Crippen molar-refractivity contribution in [3.8, 4) is 0 Å². The molecule has 0 unspecified atom stereocenters. The van der Waals surface area contributed by atoms with Gasteiger partial charge in [-0.25, -0.2) is 17.2 Å². The first-order valence-corrected chi connectivity index (χ1v) is 7.49. The second-order valence-electron chi connectivity index (χ2n) is 4.24. The van der Waals surface area contributed by atoms with Crippen molar-refractivity contribution in [2.45, 2.75) is 25.0 Å². The van der Waals surface area contributed by atoms with Gasteiger partial charge in [0.2, 0.25) is 0 Å². The van der Waals surface area contributed by atoms with Crippen LogP contribution in [0, 0.1) is 11.6 Å². The molecule has 0 aliphatic rings. The molecule has 0 fully saturated rings. The van der Waals surface area contributed by atoms with E-state index in [1.54, 1.807) is 0 Å². The Kier molecular flexibility index (Phi) is 4.24. The maximum Gasteiger partial charge on any atom is 0.265 e. The molecule has 0 radical (unpaired) electrons. The maximum atomic E-state index is 13.7. The third-order valence-corrected chi connectivity index (χ3v) is 4.12. The molecule has 114 valence electrons. The molecule has 0 saturated carbocycles. The van der Waals surface area contributed by atoms with Gasteiger partial charge >= 0.3 is 0 Å². The largest absolute Gasteiger partial charge is 0.392 e. The van der Waals surface area contributed by atoms with Gasteiger partial charge < -0.3 is 5.11 Å². The van der Waals surface area contributed by atoms with E-state index >= 15 is 0 Å². The summed E-state index contributed by atoms with van der Waals surface area (Å²) in [7, 11) is -4.32. The number of aryl methyl sites for hydroxylation is 1. The molecular formula is C12H13F2N3O3S. The lowest BCUT2D eigenvalue weighted by atomic mass is 10.2. The van der Waals surface area contributed by atoms with Gasteiger partial charge in [-0.3, -0.25) is 9.40 Å². The van der Waals surface area contributed by atoms with Gasteiger partial charge in [0.15, 0.2) is 11.6 Å². The summed E-state index contributed by atoms with van der Waals surface area (Å²) in [6, 6.07) is 1.62. The van der Waals surface area contributed by atoms with Crippen LogP contribution in [0.2, 0.25) is 0 Å². The summed E-state index contributed by atoms with van der Waals surface area (Å²) >= 11 is 0. The predicted octanol–water partition coefficient (Wildman–Crippen LogP) is 1.47. The molecule has 0 aliphatic heterocycles. The summed E-state index contributed by atoms with van der Waals surface area (Å²) in [5.41, 5.74) is 0.0876. The van der Waals surface area contributed by atoms with Gasteiger partial charge in [-0.15, -0.1) is 0 Å². The fraction of sp³-hybridized carbons (Fsp3) is 0.250. The zero-order valence-corrected chi connectivity index (χ0v) is 11.9. The van der Waals surface area contributed by atoms with E-state index < -0.39 is 33.2 Å². The second kappa shape index (κ2) is 5.78. The van der Waals surface area contributed by atoms with E-state index in [4.69, 9.17) is 5.11 Å². The number of aliphatic hydroxyl groups excluding tert-OH is 1. The van der Waals surface area contributed by atoms with E-state index in [-0.39, 0.29) is 11.3 Å². The van der Waals surface area contributed by atoms with Crippen molar-refractivity contribution < 1.29 is 22.3 Å². The molecule has 1 aromatic carbocycles. The van der Waals surface area contributed by atoms with Crippen molar-refractivity contribution in [3.05, 3.63) is 41.7 Å². The van der Waals surface area contributed by atoms with Crippen molar-refractivity contribution in [3.63, 3.8) is 0 Å². The number of halogens is 2. The number of nitrogens with one attached hydrogen (secondary N) is 1. The monoisotopic (exact) mass is 317 g/mol. The molecule has 0 spiro atoms. The van der Waals surface area contributed by atoms with Crippen LogP contribution in [0.5, 0.6) is 0 Å². The SMILES string of the molecule is CCn1cc(NS(=O)(=O)c2cc(CO)cc(F)c2F)cn1. The van der Waals surface area contributed by atoms with Crippen molar-refractivity contribution in [1.82, 2.24) is 9.78 Å². The summed E-state index contributed by atoms with van der Waals surface area (Å²) < 4.78 is 54.8. The Morgan fingerprint density at radius 2 is 2.10 bits per heavy atom. The number of sulfonamides is 1. The lowest BCUT2D eigenvalue weighted by molar-refractivity contribution is 0.280. The van der Waals surface area contributed by atoms with E-state index in [0.717, 1.165) is 12.1 Å². The number of aromatic nitrogens is 2. The van der Waals surface area contributed by atoms with Gasteiger partial charge in [-0.2, -0.15) is 5.10 Å². The highest BCUT2D eigenvalue weighted by Gasteiger charge is 2.23. The van der Waals surface area contributed by atoms with Crippen molar-refractivity contribution in [1.29, 1.82) is 0 Å². The van der Waals surface area contributed by atoms with Crippen molar-refractivity contribution in [2.75, 3.05) is 4.72 Å². The Hall–Kier alpha value is -2.00. The Morgan fingerprint density at radius 3 is 2.67 bits per heavy atom. The second-order valence-corrected chi connectivity index (χ2v) is 5.89. The zero-order valence-electron chi connectivity index (χ0n) is 11.0. The first-order valence-electron chi connectivity index (χ1n) is 6.01. The lowest BCUT2D eigenvalue weighted by Crippen LogP contribution is -2.15. The third-order valence-electron chi connectivity index (χ3n) is 2.74. The van der Waals surface area contributed by atoms with Crippen LogP contribution in [-0.4, -0.2) is 23.3 Å². The van der Waals surface area contributed by atoms with Crippen LogP contribution < -0.4 is 4.72 Å². The highest BCUT2D eigenvalue weighted by molar-refractivity contribution is 7.92. The molecule has 0 atom stereocenters. The number of hydrogen-bond donors (Lipinski definition) is 2. The molecule has 9 heteroatoms. The molecule has 1 heterocycles. The van der Waals surface area contributed by atoms with Gasteiger partial charge in [0.05, 0.1) is 18.5 Å². The molecule has 0 amide bonds. The summed E-state index contributed by atoms with van der Waals surface area (Å²) in [6.45, 7) is 1.74. The Morgan fingerprint density at radius 1 is 1.38 bits per heavy atom. The zero-order chi connectivity index (χ0) is 15.6. The van der Waals surface area contributed by atoms with Gasteiger partial charge in [0.1, 0.15) is 4.90 Å². The topological polar surface area (TPSA) is 84.2 Å². The van der Waals surface area contributed by atoms with Crippen molar-refractivity contribution in [2.24, 2.45) is 0 Å². The van der Waals surface area contributed by atoms with Gasteiger partial charge in [0.25, 0.3) is 10.0 Å². The van der Waals surface area contributed by atoms with E-state index in [2.05, 4.69) is 9.82 Å². The van der Waals surface area contributed by atoms with Crippen LogP contribution in [0.3, 0.4) is 0 Å². The van der Waals surface area contributed by atoms with E-state index in [0.29, 0.717) is 6.54 Å². The molecule has 0 saturated heterocycles. The molecule has 0 aliphatic carbocycles. The van der Waals surface area contributed by atoms with Gasteiger partial charge in [0, 0.05) is 12.7 Å². The smallest absolute Gasteiger partial charge is 0.265 e. The Bertz CT molecular complexity index is 759.